The number of amides is 1. The van der Waals surface area contributed by atoms with E-state index in [0.717, 1.165) is 17.9 Å². The second-order valence-electron chi connectivity index (χ2n) is 5.23. The van der Waals surface area contributed by atoms with Crippen molar-refractivity contribution in [2.24, 2.45) is 5.92 Å². The molecule has 1 N–H and O–H groups in total. The first-order valence-electron chi connectivity index (χ1n) is 6.80. The average molecular weight is 263 g/mol. The molecule has 4 heteroatoms. The van der Waals surface area contributed by atoms with Crippen LogP contribution < -0.4 is 14.8 Å². The summed E-state index contributed by atoms with van der Waals surface area (Å²) in [5, 5.41) is 2.89. The molecule has 0 saturated heterocycles. The molecule has 1 heterocycles. The summed E-state index contributed by atoms with van der Waals surface area (Å²) in [5.74, 6) is 2.14. The minimum absolute atomic E-state index is 0.0798. The van der Waals surface area contributed by atoms with Gasteiger partial charge in [-0.1, -0.05) is 26.0 Å². The number of benzene rings is 1. The van der Waals surface area contributed by atoms with Crippen molar-refractivity contribution in [1.29, 1.82) is 0 Å². The fraction of sp³-hybridized carbons (Fsp3) is 0.533. The van der Waals surface area contributed by atoms with E-state index in [1.165, 1.54) is 0 Å². The number of hydrogen-bond acceptors (Lipinski definition) is 3. The van der Waals surface area contributed by atoms with Crippen molar-refractivity contribution in [3.63, 3.8) is 0 Å². The molecule has 4 nitrogen and oxygen atoms in total. The number of para-hydroxylation sites is 2. The van der Waals surface area contributed by atoms with Crippen LogP contribution in [0.4, 0.5) is 0 Å². The summed E-state index contributed by atoms with van der Waals surface area (Å²) >= 11 is 0. The van der Waals surface area contributed by atoms with E-state index in [1.54, 1.807) is 0 Å². The third-order valence-corrected chi connectivity index (χ3v) is 3.04. The molecule has 1 aliphatic rings. The molecule has 104 valence electrons. The van der Waals surface area contributed by atoms with Gasteiger partial charge in [-0.2, -0.15) is 0 Å². The maximum atomic E-state index is 11.6. The number of rotatable bonds is 5. The fourth-order valence-electron chi connectivity index (χ4n) is 1.90. The van der Waals surface area contributed by atoms with Crippen molar-refractivity contribution in [2.75, 3.05) is 13.2 Å². The molecule has 0 saturated carbocycles. The Hall–Kier alpha value is -1.71. The van der Waals surface area contributed by atoms with Gasteiger partial charge in [0.1, 0.15) is 12.7 Å². The Morgan fingerprint density at radius 2 is 2.11 bits per heavy atom. The molecule has 1 amide bonds. The fourth-order valence-corrected chi connectivity index (χ4v) is 1.90. The van der Waals surface area contributed by atoms with Gasteiger partial charge in [0.15, 0.2) is 11.5 Å². The third-order valence-electron chi connectivity index (χ3n) is 3.04. The van der Waals surface area contributed by atoms with Gasteiger partial charge in [-0.15, -0.1) is 0 Å². The molecule has 0 aromatic heterocycles. The van der Waals surface area contributed by atoms with Gasteiger partial charge in [0, 0.05) is 6.42 Å². The maximum absolute atomic E-state index is 11.6. The van der Waals surface area contributed by atoms with Gasteiger partial charge < -0.3 is 14.8 Å². The van der Waals surface area contributed by atoms with Gasteiger partial charge in [0.2, 0.25) is 5.91 Å². The van der Waals surface area contributed by atoms with E-state index in [9.17, 15) is 4.79 Å². The molecule has 0 spiro atoms. The van der Waals surface area contributed by atoms with Crippen LogP contribution in [0.3, 0.4) is 0 Å². The Morgan fingerprint density at radius 1 is 1.37 bits per heavy atom. The quantitative estimate of drug-likeness (QED) is 0.887. The molecular formula is C15H21NO3. The molecular weight excluding hydrogens is 242 g/mol. The molecule has 1 aliphatic heterocycles. The number of fused-ring (bicyclic) bond motifs is 1. The Kier molecular flexibility index (Phi) is 4.66. The van der Waals surface area contributed by atoms with Crippen LogP contribution >= 0.6 is 0 Å². The minimum Gasteiger partial charge on any atom is -0.486 e. The number of hydrogen-bond donors (Lipinski definition) is 1. The summed E-state index contributed by atoms with van der Waals surface area (Å²) in [5.41, 5.74) is 0. The van der Waals surface area contributed by atoms with E-state index in [0.29, 0.717) is 25.5 Å². The summed E-state index contributed by atoms with van der Waals surface area (Å²) in [7, 11) is 0. The van der Waals surface area contributed by atoms with E-state index in [1.807, 2.05) is 24.3 Å². The summed E-state index contributed by atoms with van der Waals surface area (Å²) in [6.45, 7) is 5.19. The molecule has 1 aromatic rings. The lowest BCUT2D eigenvalue weighted by Gasteiger charge is -2.26. The largest absolute Gasteiger partial charge is 0.486 e. The molecule has 1 atom stereocenters. The third kappa shape index (κ3) is 4.16. The van der Waals surface area contributed by atoms with Crippen molar-refractivity contribution in [3.05, 3.63) is 24.3 Å². The second kappa shape index (κ2) is 6.45. The Bertz CT molecular complexity index is 431. The molecule has 0 fully saturated rings. The number of carbonyl (C=O) groups is 1. The zero-order chi connectivity index (χ0) is 13.7. The van der Waals surface area contributed by atoms with Crippen LogP contribution in [-0.2, 0) is 4.79 Å². The van der Waals surface area contributed by atoms with Gasteiger partial charge in [0.05, 0.1) is 6.54 Å². The van der Waals surface area contributed by atoms with Crippen LogP contribution in [0.15, 0.2) is 24.3 Å². The Morgan fingerprint density at radius 3 is 2.84 bits per heavy atom. The standard InChI is InChI=1S/C15H21NO3/c1-11(2)7-8-15(17)16-9-12-10-18-13-5-3-4-6-14(13)19-12/h3-6,11-12H,7-10H2,1-2H3,(H,16,17). The van der Waals surface area contributed by atoms with Crippen LogP contribution in [0.2, 0.25) is 0 Å². The first kappa shape index (κ1) is 13.7. The lowest BCUT2D eigenvalue weighted by atomic mass is 10.1. The van der Waals surface area contributed by atoms with E-state index in [4.69, 9.17) is 9.47 Å². The van der Waals surface area contributed by atoms with E-state index >= 15 is 0 Å². The lowest BCUT2D eigenvalue weighted by molar-refractivity contribution is -0.121. The summed E-state index contributed by atoms with van der Waals surface area (Å²) in [4.78, 5) is 11.6. The van der Waals surface area contributed by atoms with E-state index in [2.05, 4.69) is 19.2 Å². The van der Waals surface area contributed by atoms with Crippen molar-refractivity contribution in [2.45, 2.75) is 32.8 Å². The van der Waals surface area contributed by atoms with Crippen LogP contribution in [0.25, 0.3) is 0 Å². The predicted molar refractivity (Wildman–Crippen MR) is 73.4 cm³/mol. The Balaban J connectivity index is 1.75. The van der Waals surface area contributed by atoms with Crippen LogP contribution in [0.5, 0.6) is 11.5 Å². The van der Waals surface area contributed by atoms with E-state index in [-0.39, 0.29) is 12.0 Å². The lowest BCUT2D eigenvalue weighted by Crippen LogP contribution is -2.40. The van der Waals surface area contributed by atoms with Crippen LogP contribution in [-0.4, -0.2) is 25.2 Å². The molecule has 19 heavy (non-hydrogen) atoms. The maximum Gasteiger partial charge on any atom is 0.220 e. The van der Waals surface area contributed by atoms with Gasteiger partial charge in [-0.05, 0) is 24.5 Å². The first-order chi connectivity index (χ1) is 9.15. The number of nitrogens with one attached hydrogen (secondary N) is 1. The van der Waals surface area contributed by atoms with Gasteiger partial charge in [0.25, 0.3) is 0 Å². The monoisotopic (exact) mass is 263 g/mol. The normalized spacial score (nSPS) is 17.3. The highest BCUT2D eigenvalue weighted by Gasteiger charge is 2.20. The molecule has 1 aromatic carbocycles. The van der Waals surface area contributed by atoms with E-state index < -0.39 is 0 Å². The summed E-state index contributed by atoms with van der Waals surface area (Å²) in [6.07, 6.45) is 1.37. The van der Waals surface area contributed by atoms with Crippen molar-refractivity contribution < 1.29 is 14.3 Å². The minimum atomic E-state index is -0.113. The molecule has 1 unspecified atom stereocenters. The molecule has 0 radical (unpaired) electrons. The van der Waals surface area contributed by atoms with Gasteiger partial charge in [-0.3, -0.25) is 4.79 Å². The highest BCUT2D eigenvalue weighted by atomic mass is 16.6. The highest BCUT2D eigenvalue weighted by molar-refractivity contribution is 5.75. The Labute approximate surface area is 114 Å². The number of carbonyl (C=O) groups excluding carboxylic acids is 1. The summed E-state index contributed by atoms with van der Waals surface area (Å²) < 4.78 is 11.4. The smallest absolute Gasteiger partial charge is 0.220 e. The topological polar surface area (TPSA) is 47.6 Å². The zero-order valence-electron chi connectivity index (χ0n) is 11.5. The van der Waals surface area contributed by atoms with Crippen molar-refractivity contribution >= 4 is 5.91 Å². The van der Waals surface area contributed by atoms with Crippen molar-refractivity contribution in [1.82, 2.24) is 5.32 Å². The van der Waals surface area contributed by atoms with Gasteiger partial charge >= 0.3 is 0 Å². The molecule has 0 aliphatic carbocycles. The summed E-state index contributed by atoms with van der Waals surface area (Å²) in [6, 6.07) is 7.58. The first-order valence-corrected chi connectivity index (χ1v) is 6.80. The zero-order valence-corrected chi connectivity index (χ0v) is 11.5. The SMILES string of the molecule is CC(C)CCC(=O)NCC1COc2ccccc2O1. The van der Waals surface area contributed by atoms with Gasteiger partial charge in [-0.25, -0.2) is 0 Å². The van der Waals surface area contributed by atoms with Crippen LogP contribution in [0.1, 0.15) is 26.7 Å². The highest BCUT2D eigenvalue weighted by Crippen LogP contribution is 2.30. The molecule has 2 rings (SSSR count). The van der Waals surface area contributed by atoms with Crippen molar-refractivity contribution in [3.8, 4) is 11.5 Å². The predicted octanol–water partition coefficient (Wildman–Crippen LogP) is 2.38. The molecule has 0 bridgehead atoms. The van der Waals surface area contributed by atoms with Crippen LogP contribution in [0, 0.1) is 5.92 Å². The second-order valence-corrected chi connectivity index (χ2v) is 5.23. The average Bonchev–Trinajstić information content (AvgIpc) is 2.42. The number of ether oxygens (including phenoxy) is 2.